The number of amides is 2. The van der Waals surface area contributed by atoms with Gasteiger partial charge < -0.3 is 9.15 Å². The minimum absolute atomic E-state index is 0.0955. The summed E-state index contributed by atoms with van der Waals surface area (Å²) >= 11 is 0. The predicted molar refractivity (Wildman–Crippen MR) is 105 cm³/mol. The molecule has 0 atom stereocenters. The fourth-order valence-electron chi connectivity index (χ4n) is 2.58. The number of hydrogen-bond acceptors (Lipinski definition) is 4. The van der Waals surface area contributed by atoms with Crippen LogP contribution in [-0.2, 0) is 17.8 Å². The maximum Gasteiger partial charge on any atom is 0.305 e. The zero-order valence-corrected chi connectivity index (χ0v) is 15.8. The molecule has 3 aromatic rings. The zero-order chi connectivity index (χ0) is 19.9. The number of carbonyl (C=O) groups excluding carboxylic acids is 2. The first-order valence-electron chi connectivity index (χ1n) is 8.93. The van der Waals surface area contributed by atoms with Gasteiger partial charge in [0.15, 0.2) is 5.76 Å². The molecule has 2 amide bonds. The van der Waals surface area contributed by atoms with Gasteiger partial charge in [-0.2, -0.15) is 0 Å². The van der Waals surface area contributed by atoms with Gasteiger partial charge in [0.05, 0.1) is 6.42 Å². The summed E-state index contributed by atoms with van der Waals surface area (Å²) in [7, 11) is 0. The van der Waals surface area contributed by atoms with Crippen LogP contribution in [0.15, 0.2) is 65.1 Å². The highest BCUT2D eigenvalue weighted by Gasteiger charge is 2.13. The number of ether oxygens (including phenoxy) is 1. The number of nitrogens with one attached hydrogen (secondary N) is 2. The summed E-state index contributed by atoms with van der Waals surface area (Å²) in [6.07, 6.45) is 0.176. The standard InChI is InChI=1S/C22H22N2O4/c1-15-8-9-17(12-16(15)2)13-21(25)23-24-22(26)20-11-10-19(28-20)14-27-18-6-4-3-5-7-18/h3-12H,13-14H2,1-2H3,(H,23,25)(H,24,26). The molecule has 0 aliphatic carbocycles. The van der Waals surface area contributed by atoms with Crippen LogP contribution in [0.3, 0.4) is 0 Å². The molecule has 144 valence electrons. The molecule has 3 rings (SSSR count). The van der Waals surface area contributed by atoms with Crippen molar-refractivity contribution < 1.29 is 18.7 Å². The maximum atomic E-state index is 12.1. The summed E-state index contributed by atoms with van der Waals surface area (Å²) in [6.45, 7) is 4.22. The number of benzene rings is 2. The second-order valence-electron chi connectivity index (χ2n) is 6.47. The molecule has 0 bridgehead atoms. The van der Waals surface area contributed by atoms with Gasteiger partial charge in [-0.05, 0) is 54.8 Å². The molecule has 0 spiro atoms. The first kappa shape index (κ1) is 19.2. The van der Waals surface area contributed by atoms with E-state index in [1.54, 1.807) is 6.07 Å². The molecule has 0 saturated heterocycles. The van der Waals surface area contributed by atoms with Gasteiger partial charge in [-0.15, -0.1) is 0 Å². The fourth-order valence-corrected chi connectivity index (χ4v) is 2.58. The molecular formula is C22H22N2O4. The minimum atomic E-state index is -0.528. The van der Waals surface area contributed by atoms with Crippen LogP contribution in [0.4, 0.5) is 0 Å². The van der Waals surface area contributed by atoms with Crippen molar-refractivity contribution >= 4 is 11.8 Å². The third-order valence-corrected chi connectivity index (χ3v) is 4.26. The molecule has 0 radical (unpaired) electrons. The lowest BCUT2D eigenvalue weighted by Gasteiger charge is -2.08. The summed E-state index contributed by atoms with van der Waals surface area (Å²) in [5, 5.41) is 0. The molecular weight excluding hydrogens is 356 g/mol. The van der Waals surface area contributed by atoms with Crippen LogP contribution in [0.5, 0.6) is 5.75 Å². The van der Waals surface area contributed by atoms with Gasteiger partial charge in [-0.3, -0.25) is 20.4 Å². The fraction of sp³-hybridized carbons (Fsp3) is 0.182. The first-order valence-corrected chi connectivity index (χ1v) is 8.93. The third kappa shape index (κ3) is 5.23. The Morgan fingerprint density at radius 1 is 0.929 bits per heavy atom. The quantitative estimate of drug-likeness (QED) is 0.644. The molecule has 0 unspecified atom stereocenters. The van der Waals surface area contributed by atoms with E-state index in [1.165, 1.54) is 11.6 Å². The monoisotopic (exact) mass is 378 g/mol. The molecule has 1 aromatic heterocycles. The Hall–Kier alpha value is -3.54. The van der Waals surface area contributed by atoms with E-state index in [0.717, 1.165) is 11.1 Å². The minimum Gasteiger partial charge on any atom is -0.486 e. The Bertz CT molecular complexity index is 964. The molecule has 0 aliphatic rings. The number of hydrogen-bond donors (Lipinski definition) is 2. The van der Waals surface area contributed by atoms with Crippen LogP contribution in [0.25, 0.3) is 0 Å². The van der Waals surface area contributed by atoms with Crippen LogP contribution in [-0.4, -0.2) is 11.8 Å². The van der Waals surface area contributed by atoms with Crippen LogP contribution in [0.1, 0.15) is 33.0 Å². The summed E-state index contributed by atoms with van der Waals surface area (Å²) in [5.74, 6) is 0.479. The van der Waals surface area contributed by atoms with E-state index in [4.69, 9.17) is 9.15 Å². The second kappa shape index (κ2) is 8.90. The van der Waals surface area contributed by atoms with Crippen LogP contribution in [0.2, 0.25) is 0 Å². The Morgan fingerprint density at radius 2 is 1.71 bits per heavy atom. The smallest absolute Gasteiger partial charge is 0.305 e. The molecule has 1 heterocycles. The van der Waals surface area contributed by atoms with Crippen molar-refractivity contribution in [1.29, 1.82) is 0 Å². The average Bonchev–Trinajstić information content (AvgIpc) is 3.17. The SMILES string of the molecule is Cc1ccc(CC(=O)NNC(=O)c2ccc(COc3ccccc3)o2)cc1C. The number of rotatable bonds is 6. The van der Waals surface area contributed by atoms with Crippen LogP contribution < -0.4 is 15.6 Å². The van der Waals surface area contributed by atoms with E-state index >= 15 is 0 Å². The van der Waals surface area contributed by atoms with E-state index in [1.807, 2.05) is 62.4 Å². The van der Waals surface area contributed by atoms with Gasteiger partial charge in [0.2, 0.25) is 5.91 Å². The van der Waals surface area contributed by atoms with Crippen molar-refractivity contribution in [3.63, 3.8) is 0 Å². The van der Waals surface area contributed by atoms with Crippen molar-refractivity contribution in [3.8, 4) is 5.75 Å². The maximum absolute atomic E-state index is 12.1. The molecule has 6 nitrogen and oxygen atoms in total. The molecule has 2 N–H and O–H groups in total. The zero-order valence-electron chi connectivity index (χ0n) is 15.8. The van der Waals surface area contributed by atoms with E-state index < -0.39 is 5.91 Å². The second-order valence-corrected chi connectivity index (χ2v) is 6.47. The van der Waals surface area contributed by atoms with Crippen molar-refractivity contribution in [2.24, 2.45) is 0 Å². The highest BCUT2D eigenvalue weighted by molar-refractivity contribution is 5.93. The topological polar surface area (TPSA) is 80.6 Å². The van der Waals surface area contributed by atoms with Gasteiger partial charge in [0.1, 0.15) is 18.1 Å². The van der Waals surface area contributed by atoms with Gasteiger partial charge in [-0.1, -0.05) is 36.4 Å². The third-order valence-electron chi connectivity index (χ3n) is 4.26. The van der Waals surface area contributed by atoms with Crippen molar-refractivity contribution in [1.82, 2.24) is 10.9 Å². The number of furan rings is 1. The normalized spacial score (nSPS) is 10.4. The van der Waals surface area contributed by atoms with E-state index in [2.05, 4.69) is 10.9 Å². The number of para-hydroxylation sites is 1. The number of hydrazine groups is 1. The highest BCUT2D eigenvalue weighted by Crippen LogP contribution is 2.14. The van der Waals surface area contributed by atoms with Gasteiger partial charge in [0.25, 0.3) is 0 Å². The van der Waals surface area contributed by atoms with E-state index in [0.29, 0.717) is 11.5 Å². The van der Waals surface area contributed by atoms with E-state index in [9.17, 15) is 9.59 Å². The number of aryl methyl sites for hydroxylation is 2. The van der Waals surface area contributed by atoms with Crippen LogP contribution in [0, 0.1) is 13.8 Å². The van der Waals surface area contributed by atoms with Crippen molar-refractivity contribution in [2.45, 2.75) is 26.9 Å². The summed E-state index contributed by atoms with van der Waals surface area (Å²) in [6, 6.07) is 18.3. The lowest BCUT2D eigenvalue weighted by molar-refractivity contribution is -0.121. The largest absolute Gasteiger partial charge is 0.486 e. The lowest BCUT2D eigenvalue weighted by Crippen LogP contribution is -2.42. The lowest BCUT2D eigenvalue weighted by atomic mass is 10.0. The van der Waals surface area contributed by atoms with Crippen molar-refractivity contribution in [3.05, 3.63) is 88.9 Å². The molecule has 0 saturated carbocycles. The van der Waals surface area contributed by atoms with Gasteiger partial charge in [-0.25, -0.2) is 0 Å². The highest BCUT2D eigenvalue weighted by atomic mass is 16.5. The number of carbonyl (C=O) groups is 2. The summed E-state index contributed by atoms with van der Waals surface area (Å²) in [5.41, 5.74) is 7.93. The Kier molecular flexibility index (Phi) is 6.11. The molecule has 6 heteroatoms. The Labute approximate surface area is 163 Å². The molecule has 0 aliphatic heterocycles. The average molecular weight is 378 g/mol. The van der Waals surface area contributed by atoms with E-state index in [-0.39, 0.29) is 24.7 Å². The van der Waals surface area contributed by atoms with Crippen molar-refractivity contribution in [2.75, 3.05) is 0 Å². The summed E-state index contributed by atoms with van der Waals surface area (Å²) < 4.78 is 11.0. The Morgan fingerprint density at radius 3 is 2.46 bits per heavy atom. The van der Waals surface area contributed by atoms with Gasteiger partial charge >= 0.3 is 5.91 Å². The molecule has 2 aromatic carbocycles. The molecule has 28 heavy (non-hydrogen) atoms. The summed E-state index contributed by atoms with van der Waals surface area (Å²) in [4.78, 5) is 24.2. The van der Waals surface area contributed by atoms with Gasteiger partial charge in [0, 0.05) is 0 Å². The first-order chi connectivity index (χ1) is 13.5. The predicted octanol–water partition coefficient (Wildman–Crippen LogP) is 3.48. The molecule has 0 fully saturated rings. The Balaban J connectivity index is 1.47. The van der Waals surface area contributed by atoms with Crippen LogP contribution >= 0.6 is 0 Å².